The average Bonchev–Trinajstić information content (AvgIpc) is 2.94. The summed E-state index contributed by atoms with van der Waals surface area (Å²) in [5.41, 5.74) is 2.76. The van der Waals surface area contributed by atoms with Crippen LogP contribution in [-0.2, 0) is 13.6 Å². The van der Waals surface area contributed by atoms with Gasteiger partial charge in [0.25, 0.3) is 0 Å². The number of fused-ring (bicyclic) bond motifs is 1. The van der Waals surface area contributed by atoms with Gasteiger partial charge in [-0.05, 0) is 28.9 Å². The molecule has 0 amide bonds. The Kier molecular flexibility index (Phi) is 3.52. The third-order valence-electron chi connectivity index (χ3n) is 3.04. The topological polar surface area (TPSA) is 48.5 Å². The maximum atomic E-state index is 6.25. The van der Waals surface area contributed by atoms with E-state index in [0.29, 0.717) is 6.54 Å². The smallest absolute Gasteiger partial charge is 0.160 e. The summed E-state index contributed by atoms with van der Waals surface area (Å²) < 4.78 is 4.73. The number of nitrogens with zero attached hydrogens (tertiary/aromatic N) is 5. The van der Waals surface area contributed by atoms with Crippen LogP contribution in [0.4, 0.5) is 0 Å². The molecule has 0 spiro atoms. The fourth-order valence-corrected chi connectivity index (χ4v) is 2.69. The third-order valence-corrected chi connectivity index (χ3v) is 3.66. The molecule has 0 saturated carbocycles. The zero-order valence-electron chi connectivity index (χ0n) is 11.1. The van der Waals surface area contributed by atoms with Crippen LogP contribution in [0.5, 0.6) is 0 Å². The fraction of sp³-hybridized carbons (Fsp3) is 0.308. The van der Waals surface area contributed by atoms with Gasteiger partial charge in [-0.15, -0.1) is 11.6 Å². The van der Waals surface area contributed by atoms with E-state index in [2.05, 4.69) is 31.0 Å². The molecule has 0 aliphatic heterocycles. The predicted molar refractivity (Wildman–Crippen MR) is 81.8 cm³/mol. The molecule has 0 aliphatic carbocycles. The first-order valence-electron chi connectivity index (χ1n) is 6.18. The Morgan fingerprint density at radius 2 is 2.20 bits per heavy atom. The van der Waals surface area contributed by atoms with Crippen molar-refractivity contribution >= 4 is 38.7 Å². The van der Waals surface area contributed by atoms with Crippen molar-refractivity contribution in [2.45, 2.75) is 18.8 Å². The van der Waals surface area contributed by atoms with Crippen molar-refractivity contribution in [2.24, 2.45) is 7.05 Å². The second kappa shape index (κ2) is 5.18. The number of hydrogen-bond donors (Lipinski definition) is 0. The summed E-state index contributed by atoms with van der Waals surface area (Å²) in [7, 11) is 1.90. The highest BCUT2D eigenvalue weighted by Gasteiger charge is 2.16. The Hall–Kier alpha value is -1.40. The second-order valence-electron chi connectivity index (χ2n) is 4.69. The van der Waals surface area contributed by atoms with Gasteiger partial charge in [0.2, 0.25) is 0 Å². The van der Waals surface area contributed by atoms with E-state index in [-0.39, 0.29) is 5.38 Å². The van der Waals surface area contributed by atoms with E-state index in [1.165, 1.54) is 0 Å². The number of aryl methyl sites for hydroxylation is 1. The maximum absolute atomic E-state index is 6.25. The SMILES string of the molecule is CC(Cl)c1nc2cc(Br)cnc2n1Cc1cnn(C)c1. The summed E-state index contributed by atoms with van der Waals surface area (Å²) in [6, 6.07) is 1.95. The predicted octanol–water partition coefficient (Wildman–Crippen LogP) is 3.28. The lowest BCUT2D eigenvalue weighted by Crippen LogP contribution is -2.06. The van der Waals surface area contributed by atoms with Crippen LogP contribution in [0.25, 0.3) is 11.2 Å². The number of aromatic nitrogens is 5. The van der Waals surface area contributed by atoms with Crippen LogP contribution in [0.15, 0.2) is 29.1 Å². The third kappa shape index (κ3) is 2.45. The van der Waals surface area contributed by atoms with Gasteiger partial charge in [-0.3, -0.25) is 4.68 Å². The number of hydrogen-bond acceptors (Lipinski definition) is 3. The van der Waals surface area contributed by atoms with E-state index >= 15 is 0 Å². The van der Waals surface area contributed by atoms with Crippen molar-refractivity contribution in [3.63, 3.8) is 0 Å². The summed E-state index contributed by atoms with van der Waals surface area (Å²) in [6.07, 6.45) is 5.59. The van der Waals surface area contributed by atoms with Crippen LogP contribution in [-0.4, -0.2) is 24.3 Å². The molecule has 0 fully saturated rings. The van der Waals surface area contributed by atoms with Gasteiger partial charge in [-0.25, -0.2) is 9.97 Å². The number of halogens is 2. The molecule has 20 heavy (non-hydrogen) atoms. The molecule has 3 rings (SSSR count). The van der Waals surface area contributed by atoms with E-state index in [1.807, 2.05) is 37.0 Å². The number of rotatable bonds is 3. The lowest BCUT2D eigenvalue weighted by atomic mass is 10.3. The Morgan fingerprint density at radius 3 is 2.85 bits per heavy atom. The van der Waals surface area contributed by atoms with E-state index in [4.69, 9.17) is 11.6 Å². The van der Waals surface area contributed by atoms with Gasteiger partial charge in [0, 0.05) is 29.5 Å². The minimum atomic E-state index is -0.181. The number of pyridine rings is 1. The van der Waals surface area contributed by atoms with Crippen LogP contribution in [0.1, 0.15) is 23.7 Å². The van der Waals surface area contributed by atoms with Gasteiger partial charge in [0.1, 0.15) is 11.3 Å². The molecule has 0 saturated heterocycles. The first kappa shape index (κ1) is 13.6. The number of alkyl halides is 1. The Balaban J connectivity index is 2.13. The van der Waals surface area contributed by atoms with Crippen molar-refractivity contribution in [3.05, 3.63) is 40.5 Å². The highest BCUT2D eigenvalue weighted by Crippen LogP contribution is 2.25. The van der Waals surface area contributed by atoms with Crippen molar-refractivity contribution in [1.29, 1.82) is 0 Å². The summed E-state index contributed by atoms with van der Waals surface area (Å²) in [5.74, 6) is 0.816. The van der Waals surface area contributed by atoms with Crippen molar-refractivity contribution in [1.82, 2.24) is 24.3 Å². The minimum Gasteiger partial charge on any atom is -0.307 e. The molecule has 0 radical (unpaired) electrons. The highest BCUT2D eigenvalue weighted by molar-refractivity contribution is 9.10. The summed E-state index contributed by atoms with van der Waals surface area (Å²) in [4.78, 5) is 9.04. The Morgan fingerprint density at radius 1 is 1.40 bits per heavy atom. The summed E-state index contributed by atoms with van der Waals surface area (Å²) >= 11 is 9.66. The van der Waals surface area contributed by atoms with Gasteiger partial charge in [0.05, 0.1) is 18.1 Å². The Labute approximate surface area is 129 Å². The number of imidazole rings is 1. The van der Waals surface area contributed by atoms with Crippen LogP contribution >= 0.6 is 27.5 Å². The van der Waals surface area contributed by atoms with E-state index in [0.717, 1.165) is 27.0 Å². The molecule has 1 atom stereocenters. The van der Waals surface area contributed by atoms with Gasteiger partial charge >= 0.3 is 0 Å². The lowest BCUT2D eigenvalue weighted by molar-refractivity contribution is 0.732. The highest BCUT2D eigenvalue weighted by atomic mass is 79.9. The fourth-order valence-electron chi connectivity index (χ4n) is 2.20. The molecular formula is C13H13BrClN5. The molecule has 0 bridgehead atoms. The summed E-state index contributed by atoms with van der Waals surface area (Å²) in [6.45, 7) is 2.57. The van der Waals surface area contributed by atoms with Crippen molar-refractivity contribution in [2.75, 3.05) is 0 Å². The van der Waals surface area contributed by atoms with Crippen molar-refractivity contribution < 1.29 is 0 Å². The summed E-state index contributed by atoms with van der Waals surface area (Å²) in [5, 5.41) is 4.01. The van der Waals surface area contributed by atoms with Crippen molar-refractivity contribution in [3.8, 4) is 0 Å². The first-order valence-corrected chi connectivity index (χ1v) is 7.41. The first-order chi connectivity index (χ1) is 9.54. The van der Waals surface area contributed by atoms with Crippen LogP contribution in [0.3, 0.4) is 0 Å². The quantitative estimate of drug-likeness (QED) is 0.678. The van der Waals surface area contributed by atoms with Gasteiger partial charge in [0.15, 0.2) is 5.65 Å². The van der Waals surface area contributed by atoms with E-state index < -0.39 is 0 Å². The average molecular weight is 355 g/mol. The van der Waals surface area contributed by atoms with Crippen LogP contribution in [0.2, 0.25) is 0 Å². The molecular weight excluding hydrogens is 342 g/mol. The largest absolute Gasteiger partial charge is 0.307 e. The molecule has 3 heterocycles. The van der Waals surface area contributed by atoms with Gasteiger partial charge < -0.3 is 4.57 Å². The van der Waals surface area contributed by atoms with Crippen LogP contribution < -0.4 is 0 Å². The zero-order valence-corrected chi connectivity index (χ0v) is 13.4. The van der Waals surface area contributed by atoms with Gasteiger partial charge in [-0.1, -0.05) is 0 Å². The molecule has 3 aromatic rings. The molecule has 5 nitrogen and oxygen atoms in total. The lowest BCUT2D eigenvalue weighted by Gasteiger charge is -2.08. The molecule has 104 valence electrons. The van der Waals surface area contributed by atoms with Gasteiger partial charge in [-0.2, -0.15) is 5.10 Å². The zero-order chi connectivity index (χ0) is 14.3. The molecule has 1 unspecified atom stereocenters. The minimum absolute atomic E-state index is 0.181. The molecule has 0 N–H and O–H groups in total. The molecule has 3 aromatic heterocycles. The monoisotopic (exact) mass is 353 g/mol. The molecule has 0 aromatic carbocycles. The normalized spacial score (nSPS) is 13.0. The molecule has 7 heteroatoms. The van der Waals surface area contributed by atoms with E-state index in [1.54, 1.807) is 10.9 Å². The van der Waals surface area contributed by atoms with E-state index in [9.17, 15) is 0 Å². The Bertz CT molecular complexity index is 761. The standard InChI is InChI=1S/C13H13BrClN5/c1-8(15)12-18-11-3-10(14)5-16-13(11)20(12)7-9-4-17-19(2)6-9/h3-6,8H,7H2,1-2H3. The second-order valence-corrected chi connectivity index (χ2v) is 6.26. The van der Waals surface area contributed by atoms with Crippen LogP contribution in [0, 0.1) is 0 Å². The molecule has 0 aliphatic rings. The maximum Gasteiger partial charge on any atom is 0.160 e.